The van der Waals surface area contributed by atoms with Crippen LogP contribution in [0, 0.1) is 0 Å². The molecule has 1 N–H and O–H groups in total. The predicted octanol–water partition coefficient (Wildman–Crippen LogP) is 3.40. The summed E-state index contributed by atoms with van der Waals surface area (Å²) in [5.41, 5.74) is 1.53. The molecule has 1 aliphatic heterocycles. The van der Waals surface area contributed by atoms with Gasteiger partial charge in [0.1, 0.15) is 0 Å². The zero-order chi connectivity index (χ0) is 13.8. The lowest BCUT2D eigenvalue weighted by Gasteiger charge is -2.33. The Hall–Kier alpha value is -0.860. The van der Waals surface area contributed by atoms with Gasteiger partial charge in [0.2, 0.25) is 0 Å². The van der Waals surface area contributed by atoms with Gasteiger partial charge in [-0.1, -0.05) is 49.6 Å². The van der Waals surface area contributed by atoms with E-state index in [9.17, 15) is 0 Å². The van der Waals surface area contributed by atoms with Crippen molar-refractivity contribution in [2.75, 3.05) is 20.1 Å². The summed E-state index contributed by atoms with van der Waals surface area (Å²) in [4.78, 5) is 2.77. The third-order valence-corrected chi connectivity index (χ3v) is 5.31. The van der Waals surface area contributed by atoms with Crippen molar-refractivity contribution in [3.8, 4) is 0 Å². The summed E-state index contributed by atoms with van der Waals surface area (Å²) >= 11 is 0. The largest absolute Gasteiger partial charge is 0.315 e. The SMILES string of the molecule is CNC1CCCCCC1N1CCC(c2ccccc2)C1. The van der Waals surface area contributed by atoms with Crippen molar-refractivity contribution >= 4 is 0 Å². The van der Waals surface area contributed by atoms with E-state index in [2.05, 4.69) is 47.6 Å². The van der Waals surface area contributed by atoms with Crippen LogP contribution in [-0.4, -0.2) is 37.1 Å². The van der Waals surface area contributed by atoms with E-state index in [0.29, 0.717) is 6.04 Å². The van der Waals surface area contributed by atoms with Gasteiger partial charge in [0, 0.05) is 18.6 Å². The van der Waals surface area contributed by atoms with Crippen molar-refractivity contribution in [2.45, 2.75) is 56.5 Å². The summed E-state index contributed by atoms with van der Waals surface area (Å²) in [6.45, 7) is 2.54. The first-order valence-electron chi connectivity index (χ1n) is 8.35. The van der Waals surface area contributed by atoms with Crippen molar-refractivity contribution in [2.24, 2.45) is 0 Å². The molecule has 20 heavy (non-hydrogen) atoms. The van der Waals surface area contributed by atoms with Gasteiger partial charge in [0.25, 0.3) is 0 Å². The Balaban J connectivity index is 1.66. The maximum Gasteiger partial charge on any atom is 0.0249 e. The molecule has 3 unspecified atom stereocenters. The number of likely N-dealkylation sites (N-methyl/N-ethyl adjacent to an activating group) is 1. The lowest BCUT2D eigenvalue weighted by atomic mass is 9.98. The van der Waals surface area contributed by atoms with Crippen LogP contribution < -0.4 is 5.32 Å². The lowest BCUT2D eigenvalue weighted by molar-refractivity contribution is 0.183. The van der Waals surface area contributed by atoms with Crippen LogP contribution in [0.15, 0.2) is 30.3 Å². The molecule has 0 amide bonds. The van der Waals surface area contributed by atoms with E-state index in [1.165, 1.54) is 57.2 Å². The molecule has 110 valence electrons. The van der Waals surface area contributed by atoms with E-state index in [4.69, 9.17) is 0 Å². The minimum absolute atomic E-state index is 0.701. The first kappa shape index (κ1) is 14.1. The van der Waals surface area contributed by atoms with E-state index < -0.39 is 0 Å². The third kappa shape index (κ3) is 3.07. The van der Waals surface area contributed by atoms with Gasteiger partial charge in [-0.3, -0.25) is 4.90 Å². The molecule has 1 aromatic rings. The van der Waals surface area contributed by atoms with Gasteiger partial charge in [-0.15, -0.1) is 0 Å². The minimum Gasteiger partial charge on any atom is -0.315 e. The van der Waals surface area contributed by atoms with Crippen LogP contribution in [0.3, 0.4) is 0 Å². The fraction of sp³-hybridized carbons (Fsp3) is 0.667. The number of likely N-dealkylation sites (tertiary alicyclic amines) is 1. The van der Waals surface area contributed by atoms with Crippen LogP contribution in [0.1, 0.15) is 50.0 Å². The van der Waals surface area contributed by atoms with Crippen molar-refractivity contribution in [1.82, 2.24) is 10.2 Å². The highest BCUT2D eigenvalue weighted by Crippen LogP contribution is 2.32. The second kappa shape index (κ2) is 6.73. The standard InChI is InChI=1S/C18H28N2/c1-19-17-10-6-3-7-11-18(17)20-13-12-16(14-20)15-8-4-2-5-9-15/h2,4-5,8-9,16-19H,3,6-7,10-14H2,1H3. The smallest absolute Gasteiger partial charge is 0.0249 e. The van der Waals surface area contributed by atoms with Crippen molar-refractivity contribution in [3.05, 3.63) is 35.9 Å². The van der Waals surface area contributed by atoms with Crippen LogP contribution in [-0.2, 0) is 0 Å². The van der Waals surface area contributed by atoms with Crippen LogP contribution >= 0.6 is 0 Å². The average Bonchev–Trinajstić information content (AvgIpc) is 2.87. The second-order valence-corrected chi connectivity index (χ2v) is 6.49. The molecule has 1 aliphatic carbocycles. The zero-order valence-corrected chi connectivity index (χ0v) is 12.7. The van der Waals surface area contributed by atoms with E-state index in [-0.39, 0.29) is 0 Å². The number of rotatable bonds is 3. The quantitative estimate of drug-likeness (QED) is 0.848. The van der Waals surface area contributed by atoms with Gasteiger partial charge in [-0.2, -0.15) is 0 Å². The number of nitrogens with one attached hydrogen (secondary N) is 1. The molecule has 2 fully saturated rings. The molecule has 1 saturated carbocycles. The monoisotopic (exact) mass is 272 g/mol. The Morgan fingerprint density at radius 2 is 1.80 bits per heavy atom. The van der Waals surface area contributed by atoms with Gasteiger partial charge >= 0.3 is 0 Å². The molecule has 0 aromatic heterocycles. The average molecular weight is 272 g/mol. The fourth-order valence-electron chi connectivity index (χ4n) is 4.15. The maximum absolute atomic E-state index is 3.58. The molecule has 1 heterocycles. The normalized spacial score (nSPS) is 32.1. The number of hydrogen-bond donors (Lipinski definition) is 1. The molecule has 2 heteroatoms. The molecule has 2 aliphatic rings. The summed E-state index contributed by atoms with van der Waals surface area (Å²) < 4.78 is 0. The fourth-order valence-corrected chi connectivity index (χ4v) is 4.15. The molecule has 1 saturated heterocycles. The minimum atomic E-state index is 0.701. The van der Waals surface area contributed by atoms with Gasteiger partial charge < -0.3 is 5.32 Å². The van der Waals surface area contributed by atoms with Crippen LogP contribution in [0.25, 0.3) is 0 Å². The van der Waals surface area contributed by atoms with Crippen molar-refractivity contribution in [3.63, 3.8) is 0 Å². The molecule has 0 spiro atoms. The molecular weight excluding hydrogens is 244 g/mol. The number of nitrogens with zero attached hydrogens (tertiary/aromatic N) is 1. The van der Waals surface area contributed by atoms with Gasteiger partial charge in [0.15, 0.2) is 0 Å². The molecule has 3 atom stereocenters. The Labute approximate surface area is 123 Å². The summed E-state index contributed by atoms with van der Waals surface area (Å²) in [5, 5.41) is 3.58. The van der Waals surface area contributed by atoms with Crippen molar-refractivity contribution < 1.29 is 0 Å². The van der Waals surface area contributed by atoms with E-state index in [1.807, 2.05) is 0 Å². The third-order valence-electron chi connectivity index (χ3n) is 5.31. The van der Waals surface area contributed by atoms with E-state index in [0.717, 1.165) is 12.0 Å². The topological polar surface area (TPSA) is 15.3 Å². The highest BCUT2D eigenvalue weighted by molar-refractivity contribution is 5.21. The van der Waals surface area contributed by atoms with Crippen LogP contribution in [0.2, 0.25) is 0 Å². The Morgan fingerprint density at radius 1 is 1.00 bits per heavy atom. The first-order chi connectivity index (χ1) is 9.88. The van der Waals surface area contributed by atoms with Gasteiger partial charge in [-0.25, -0.2) is 0 Å². The molecule has 1 aromatic carbocycles. The highest BCUT2D eigenvalue weighted by Gasteiger charge is 2.33. The van der Waals surface area contributed by atoms with E-state index >= 15 is 0 Å². The summed E-state index contributed by atoms with van der Waals surface area (Å²) in [5.74, 6) is 0.747. The Kier molecular flexibility index (Phi) is 4.74. The van der Waals surface area contributed by atoms with Crippen LogP contribution in [0.4, 0.5) is 0 Å². The van der Waals surface area contributed by atoms with Crippen molar-refractivity contribution in [1.29, 1.82) is 0 Å². The maximum atomic E-state index is 3.58. The molecule has 0 radical (unpaired) electrons. The number of hydrogen-bond acceptors (Lipinski definition) is 2. The Morgan fingerprint density at radius 3 is 2.60 bits per heavy atom. The molecular formula is C18H28N2. The molecule has 0 bridgehead atoms. The first-order valence-corrected chi connectivity index (χ1v) is 8.35. The van der Waals surface area contributed by atoms with Gasteiger partial charge in [0.05, 0.1) is 0 Å². The Bertz CT molecular complexity index is 403. The summed E-state index contributed by atoms with van der Waals surface area (Å²) in [6, 6.07) is 12.6. The number of benzene rings is 1. The van der Waals surface area contributed by atoms with E-state index in [1.54, 1.807) is 0 Å². The molecule has 2 nitrogen and oxygen atoms in total. The highest BCUT2D eigenvalue weighted by atomic mass is 15.2. The lowest BCUT2D eigenvalue weighted by Crippen LogP contribution is -2.47. The predicted molar refractivity (Wildman–Crippen MR) is 85.1 cm³/mol. The zero-order valence-electron chi connectivity index (χ0n) is 12.7. The summed E-state index contributed by atoms with van der Waals surface area (Å²) in [7, 11) is 2.15. The summed E-state index contributed by atoms with van der Waals surface area (Å²) in [6.07, 6.45) is 8.30. The van der Waals surface area contributed by atoms with Crippen LogP contribution in [0.5, 0.6) is 0 Å². The second-order valence-electron chi connectivity index (χ2n) is 6.49. The van der Waals surface area contributed by atoms with Gasteiger partial charge in [-0.05, 0) is 44.3 Å². The molecule has 3 rings (SSSR count).